The normalized spacial score (nSPS) is 16.3. The summed E-state index contributed by atoms with van der Waals surface area (Å²) in [4.78, 5) is 12.7. The first-order chi connectivity index (χ1) is 14.6. The van der Waals surface area contributed by atoms with Crippen molar-refractivity contribution in [2.45, 2.75) is 68.3 Å². The van der Waals surface area contributed by atoms with Crippen LogP contribution in [0.1, 0.15) is 56.8 Å². The fourth-order valence-electron chi connectivity index (χ4n) is 4.08. The first-order valence-electron chi connectivity index (χ1n) is 10.7. The zero-order chi connectivity index (χ0) is 20.9. The molecule has 1 aliphatic carbocycles. The van der Waals surface area contributed by atoms with Gasteiger partial charge in [-0.25, -0.2) is 4.68 Å². The van der Waals surface area contributed by atoms with Gasteiger partial charge in [0.15, 0.2) is 5.82 Å². The van der Waals surface area contributed by atoms with Crippen LogP contribution in [-0.4, -0.2) is 32.1 Å². The van der Waals surface area contributed by atoms with Crippen molar-refractivity contribution in [2.24, 2.45) is 0 Å². The smallest absolute Gasteiger partial charge is 0.233 e. The monoisotopic (exact) mass is 423 g/mol. The number of nitrogens with two attached hydrogens (primary N) is 1. The van der Waals surface area contributed by atoms with Gasteiger partial charge in [-0.2, -0.15) is 0 Å². The average Bonchev–Trinajstić information content (AvgIpc) is 2.94. The molecule has 2 aromatic carbocycles. The van der Waals surface area contributed by atoms with Crippen LogP contribution in [0.5, 0.6) is 0 Å². The molecule has 0 aliphatic heterocycles. The van der Waals surface area contributed by atoms with Crippen LogP contribution in [0.3, 0.4) is 0 Å². The molecule has 0 spiro atoms. The number of carbonyl (C=O) groups is 1. The standard InChI is InChI=1S/C23H29N5OS/c1-16(22(29)25-19-12-4-2-3-5-13-19)30-23-27-26-21(28(23)24)15-18-11-8-10-17-9-6-7-14-20(17)18/h6-11,14,16,19H,2-5,12-13,15,24H2,1H3,(H,25,29)/t16-/m0/s1. The van der Waals surface area contributed by atoms with Crippen LogP contribution in [0.15, 0.2) is 47.6 Å². The molecule has 0 radical (unpaired) electrons. The number of nitrogens with one attached hydrogen (secondary N) is 1. The number of hydrogen-bond acceptors (Lipinski definition) is 5. The molecule has 1 amide bonds. The van der Waals surface area contributed by atoms with Crippen LogP contribution in [0, 0.1) is 0 Å². The Kier molecular flexibility index (Phi) is 6.57. The second-order valence-electron chi connectivity index (χ2n) is 8.04. The van der Waals surface area contributed by atoms with Gasteiger partial charge in [-0.15, -0.1) is 10.2 Å². The fraction of sp³-hybridized carbons (Fsp3) is 0.435. The molecule has 1 aromatic heterocycles. The second kappa shape index (κ2) is 9.51. The number of aromatic nitrogens is 3. The molecule has 30 heavy (non-hydrogen) atoms. The number of hydrogen-bond donors (Lipinski definition) is 2. The molecule has 158 valence electrons. The maximum absolute atomic E-state index is 12.7. The third-order valence-electron chi connectivity index (χ3n) is 5.82. The van der Waals surface area contributed by atoms with Crippen LogP contribution in [0.25, 0.3) is 10.8 Å². The van der Waals surface area contributed by atoms with Crippen molar-refractivity contribution in [3.8, 4) is 0 Å². The van der Waals surface area contributed by atoms with E-state index in [9.17, 15) is 4.79 Å². The van der Waals surface area contributed by atoms with Gasteiger partial charge in [-0.3, -0.25) is 4.79 Å². The highest BCUT2D eigenvalue weighted by molar-refractivity contribution is 8.00. The van der Waals surface area contributed by atoms with E-state index in [4.69, 9.17) is 5.84 Å². The summed E-state index contributed by atoms with van der Waals surface area (Å²) in [6, 6.07) is 14.8. The number of carbonyl (C=O) groups excluding carboxylic acids is 1. The van der Waals surface area contributed by atoms with Gasteiger partial charge >= 0.3 is 0 Å². The lowest BCUT2D eigenvalue weighted by molar-refractivity contribution is -0.121. The second-order valence-corrected chi connectivity index (χ2v) is 9.35. The quantitative estimate of drug-likeness (QED) is 0.355. The third-order valence-corrected chi connectivity index (χ3v) is 6.87. The fourth-order valence-corrected chi connectivity index (χ4v) is 4.88. The van der Waals surface area contributed by atoms with E-state index in [0.717, 1.165) is 18.4 Å². The van der Waals surface area contributed by atoms with E-state index in [1.807, 2.05) is 25.1 Å². The van der Waals surface area contributed by atoms with Crippen molar-refractivity contribution >= 4 is 28.4 Å². The Morgan fingerprint density at radius 2 is 1.87 bits per heavy atom. The molecule has 7 heteroatoms. The number of nitrogens with zero attached hydrogens (tertiary/aromatic N) is 3. The summed E-state index contributed by atoms with van der Waals surface area (Å²) in [6.07, 6.45) is 7.67. The molecular weight excluding hydrogens is 394 g/mol. The minimum Gasteiger partial charge on any atom is -0.352 e. The van der Waals surface area contributed by atoms with Crippen LogP contribution >= 0.6 is 11.8 Å². The number of amides is 1. The van der Waals surface area contributed by atoms with Crippen molar-refractivity contribution in [1.82, 2.24) is 20.2 Å². The van der Waals surface area contributed by atoms with Crippen LogP contribution in [0.2, 0.25) is 0 Å². The SMILES string of the molecule is C[C@H](Sc1nnc(Cc2cccc3ccccc23)n1N)C(=O)NC1CCCCCC1. The summed E-state index contributed by atoms with van der Waals surface area (Å²) in [7, 11) is 0. The zero-order valence-electron chi connectivity index (χ0n) is 17.4. The number of benzene rings is 2. The minimum absolute atomic E-state index is 0.0468. The number of fused-ring (bicyclic) bond motifs is 1. The first-order valence-corrected chi connectivity index (χ1v) is 11.6. The van der Waals surface area contributed by atoms with Crippen molar-refractivity contribution in [1.29, 1.82) is 0 Å². The van der Waals surface area contributed by atoms with E-state index < -0.39 is 0 Å². The predicted molar refractivity (Wildman–Crippen MR) is 122 cm³/mol. The summed E-state index contributed by atoms with van der Waals surface area (Å²) < 4.78 is 1.52. The van der Waals surface area contributed by atoms with Crippen LogP contribution < -0.4 is 11.2 Å². The summed E-state index contributed by atoms with van der Waals surface area (Å²) >= 11 is 1.36. The lowest BCUT2D eigenvalue weighted by atomic mass is 10.0. The van der Waals surface area contributed by atoms with Gasteiger partial charge in [0.05, 0.1) is 5.25 Å². The molecule has 1 aliphatic rings. The Balaban J connectivity index is 1.42. The Morgan fingerprint density at radius 3 is 2.67 bits per heavy atom. The summed E-state index contributed by atoms with van der Waals surface area (Å²) in [5.74, 6) is 7.02. The van der Waals surface area contributed by atoms with Gasteiger partial charge < -0.3 is 11.2 Å². The molecule has 4 rings (SSSR count). The molecule has 1 fully saturated rings. The van der Waals surface area contributed by atoms with E-state index in [0.29, 0.717) is 23.4 Å². The highest BCUT2D eigenvalue weighted by atomic mass is 32.2. The largest absolute Gasteiger partial charge is 0.352 e. The van der Waals surface area contributed by atoms with Crippen molar-refractivity contribution in [3.05, 3.63) is 53.9 Å². The van der Waals surface area contributed by atoms with Gasteiger partial charge in [-0.1, -0.05) is 79.9 Å². The van der Waals surface area contributed by atoms with E-state index in [2.05, 4.69) is 39.8 Å². The van der Waals surface area contributed by atoms with E-state index >= 15 is 0 Å². The first kappa shape index (κ1) is 20.7. The summed E-state index contributed by atoms with van der Waals surface area (Å²) in [5, 5.41) is 14.4. The van der Waals surface area contributed by atoms with Gasteiger partial charge in [0, 0.05) is 12.5 Å². The molecule has 3 N–H and O–H groups in total. The molecule has 0 saturated heterocycles. The summed E-state index contributed by atoms with van der Waals surface area (Å²) in [5.41, 5.74) is 1.16. The van der Waals surface area contributed by atoms with E-state index in [1.54, 1.807) is 0 Å². The average molecular weight is 424 g/mol. The maximum atomic E-state index is 12.7. The number of thioether (sulfide) groups is 1. The lowest BCUT2D eigenvalue weighted by Crippen LogP contribution is -2.39. The third kappa shape index (κ3) is 4.78. The van der Waals surface area contributed by atoms with Gasteiger partial charge in [0.2, 0.25) is 11.1 Å². The maximum Gasteiger partial charge on any atom is 0.233 e. The van der Waals surface area contributed by atoms with Gasteiger partial charge in [0.1, 0.15) is 0 Å². The van der Waals surface area contributed by atoms with Crippen molar-refractivity contribution < 1.29 is 4.79 Å². The van der Waals surface area contributed by atoms with Crippen molar-refractivity contribution in [3.63, 3.8) is 0 Å². The molecule has 1 atom stereocenters. The topological polar surface area (TPSA) is 85.8 Å². The minimum atomic E-state index is -0.273. The predicted octanol–water partition coefficient (Wildman–Crippen LogP) is 4.06. The Hall–Kier alpha value is -2.54. The zero-order valence-corrected chi connectivity index (χ0v) is 18.2. The van der Waals surface area contributed by atoms with Crippen molar-refractivity contribution in [2.75, 3.05) is 5.84 Å². The molecular formula is C23H29N5OS. The Labute approximate surface area is 181 Å². The highest BCUT2D eigenvalue weighted by Crippen LogP contribution is 2.25. The lowest BCUT2D eigenvalue weighted by Gasteiger charge is -2.19. The molecule has 0 bridgehead atoms. The van der Waals surface area contributed by atoms with Crippen LogP contribution in [0.4, 0.5) is 0 Å². The summed E-state index contributed by atoms with van der Waals surface area (Å²) in [6.45, 7) is 1.90. The number of rotatable bonds is 6. The van der Waals surface area contributed by atoms with Crippen LogP contribution in [-0.2, 0) is 11.2 Å². The highest BCUT2D eigenvalue weighted by Gasteiger charge is 2.22. The Morgan fingerprint density at radius 1 is 1.13 bits per heavy atom. The molecule has 1 heterocycles. The van der Waals surface area contributed by atoms with Gasteiger partial charge in [0.25, 0.3) is 0 Å². The van der Waals surface area contributed by atoms with Gasteiger partial charge in [-0.05, 0) is 36.1 Å². The Bertz CT molecular complexity index is 1000. The van der Waals surface area contributed by atoms with E-state index in [-0.39, 0.29) is 11.2 Å². The molecule has 0 unspecified atom stereocenters. The molecule has 1 saturated carbocycles. The van der Waals surface area contributed by atoms with E-state index in [1.165, 1.54) is 52.9 Å². The molecule has 6 nitrogen and oxygen atoms in total. The molecule has 3 aromatic rings. The number of nitrogen functional groups attached to an aromatic ring is 1.